The van der Waals surface area contributed by atoms with Crippen LogP contribution in [0.25, 0.3) is 0 Å². The fraction of sp³-hybridized carbons (Fsp3) is 1.00. The Hall–Kier alpha value is 0.137. The molecule has 1 saturated carbocycles. The van der Waals surface area contributed by atoms with Gasteiger partial charge < -0.3 is 8.85 Å². The predicted octanol–water partition coefficient (Wildman–Crippen LogP) is 2.47. The Kier molecular flexibility index (Phi) is 3.95. The Morgan fingerprint density at radius 3 is 1.92 bits per heavy atom. The third-order valence-electron chi connectivity index (χ3n) is 3.23. The molecule has 1 aliphatic carbocycles. The molecule has 0 aliphatic heterocycles. The third-order valence-corrected chi connectivity index (χ3v) is 5.60. The summed E-state index contributed by atoms with van der Waals surface area (Å²) in [5.74, 6) is 0. The lowest BCUT2D eigenvalue weighted by atomic mass is 9.77. The Labute approximate surface area is 83.5 Å². The second-order valence-corrected chi connectivity index (χ2v) is 7.46. The van der Waals surface area contributed by atoms with Crippen molar-refractivity contribution in [1.82, 2.24) is 0 Å². The van der Waals surface area contributed by atoms with Crippen LogP contribution in [0.5, 0.6) is 0 Å². The Morgan fingerprint density at radius 2 is 1.54 bits per heavy atom. The molecule has 0 heterocycles. The zero-order valence-corrected chi connectivity index (χ0v) is 10.5. The summed E-state index contributed by atoms with van der Waals surface area (Å²) in [6, 6.07) is 0. The SMILES string of the molecule is CO[SiH](OC)C1CCC(C)(C)CC1. The van der Waals surface area contributed by atoms with Gasteiger partial charge >= 0.3 is 9.28 Å². The van der Waals surface area contributed by atoms with Crippen LogP contribution in [0.4, 0.5) is 0 Å². The Balaban J connectivity index is 2.39. The van der Waals surface area contributed by atoms with Crippen LogP contribution in [0.3, 0.4) is 0 Å². The first-order valence-electron chi connectivity index (χ1n) is 5.14. The standard InChI is InChI=1S/C10H22O2Si/c1-10(2)7-5-9(6-8-10)13(11-3)12-4/h9,13H,5-8H2,1-4H3. The lowest BCUT2D eigenvalue weighted by Crippen LogP contribution is -2.31. The van der Waals surface area contributed by atoms with Crippen LogP contribution in [-0.2, 0) is 8.85 Å². The highest BCUT2D eigenvalue weighted by Crippen LogP contribution is 2.41. The van der Waals surface area contributed by atoms with Gasteiger partial charge in [-0.25, -0.2) is 0 Å². The van der Waals surface area contributed by atoms with E-state index in [2.05, 4.69) is 13.8 Å². The Morgan fingerprint density at radius 1 is 1.08 bits per heavy atom. The van der Waals surface area contributed by atoms with Crippen LogP contribution in [0.15, 0.2) is 0 Å². The molecule has 0 N–H and O–H groups in total. The normalized spacial score (nSPS) is 23.8. The molecule has 3 heteroatoms. The van der Waals surface area contributed by atoms with Gasteiger partial charge in [0.15, 0.2) is 0 Å². The summed E-state index contributed by atoms with van der Waals surface area (Å²) < 4.78 is 10.8. The molecule has 1 fully saturated rings. The van der Waals surface area contributed by atoms with Gasteiger partial charge in [-0.05, 0) is 36.6 Å². The summed E-state index contributed by atoms with van der Waals surface area (Å²) >= 11 is 0. The molecule has 0 aromatic heterocycles. The molecule has 78 valence electrons. The summed E-state index contributed by atoms with van der Waals surface area (Å²) in [6.07, 6.45) is 5.25. The Bertz CT molecular complexity index is 145. The smallest absolute Gasteiger partial charge is 0.324 e. The van der Waals surface area contributed by atoms with Crippen LogP contribution in [0.2, 0.25) is 5.54 Å². The van der Waals surface area contributed by atoms with Crippen LogP contribution >= 0.6 is 0 Å². The van der Waals surface area contributed by atoms with E-state index < -0.39 is 9.28 Å². The van der Waals surface area contributed by atoms with Crippen molar-refractivity contribution in [2.24, 2.45) is 5.41 Å². The molecule has 1 aliphatic rings. The van der Waals surface area contributed by atoms with Gasteiger partial charge in [-0.1, -0.05) is 13.8 Å². The fourth-order valence-electron chi connectivity index (χ4n) is 2.17. The van der Waals surface area contributed by atoms with Crippen molar-refractivity contribution in [3.8, 4) is 0 Å². The number of hydrogen-bond acceptors (Lipinski definition) is 2. The zero-order valence-electron chi connectivity index (χ0n) is 9.30. The van der Waals surface area contributed by atoms with Gasteiger partial charge in [-0.3, -0.25) is 0 Å². The van der Waals surface area contributed by atoms with E-state index in [1.54, 1.807) is 14.2 Å². The summed E-state index contributed by atoms with van der Waals surface area (Å²) in [6.45, 7) is 4.72. The largest absolute Gasteiger partial charge is 0.400 e. The predicted molar refractivity (Wildman–Crippen MR) is 57.2 cm³/mol. The number of hydrogen-bond donors (Lipinski definition) is 0. The molecule has 0 amide bonds. The first kappa shape index (κ1) is 11.2. The lowest BCUT2D eigenvalue weighted by Gasteiger charge is -2.35. The molecular formula is C10H22O2Si. The fourth-order valence-corrected chi connectivity index (χ4v) is 4.01. The van der Waals surface area contributed by atoms with Crippen LogP contribution in [-0.4, -0.2) is 23.5 Å². The van der Waals surface area contributed by atoms with E-state index in [0.29, 0.717) is 5.41 Å². The van der Waals surface area contributed by atoms with E-state index >= 15 is 0 Å². The zero-order chi connectivity index (χ0) is 9.90. The first-order valence-corrected chi connectivity index (χ1v) is 6.75. The molecule has 0 unspecified atom stereocenters. The summed E-state index contributed by atoms with van der Waals surface area (Å²) in [5.41, 5.74) is 1.29. The molecule has 13 heavy (non-hydrogen) atoms. The molecule has 2 nitrogen and oxygen atoms in total. The first-order chi connectivity index (χ1) is 6.09. The maximum atomic E-state index is 5.42. The molecule has 0 bridgehead atoms. The van der Waals surface area contributed by atoms with Crippen molar-refractivity contribution in [3.63, 3.8) is 0 Å². The third kappa shape index (κ3) is 3.08. The van der Waals surface area contributed by atoms with Crippen molar-refractivity contribution in [2.45, 2.75) is 45.1 Å². The maximum Gasteiger partial charge on any atom is 0.324 e. The minimum atomic E-state index is -1.33. The van der Waals surface area contributed by atoms with Gasteiger partial charge in [-0.2, -0.15) is 0 Å². The molecule has 0 spiro atoms. The highest BCUT2D eigenvalue weighted by atomic mass is 28.3. The van der Waals surface area contributed by atoms with Gasteiger partial charge in [0.25, 0.3) is 0 Å². The molecule has 0 saturated heterocycles. The highest BCUT2D eigenvalue weighted by Gasteiger charge is 2.32. The maximum absolute atomic E-state index is 5.42. The van der Waals surface area contributed by atoms with Gasteiger partial charge in [-0.15, -0.1) is 0 Å². The van der Waals surface area contributed by atoms with E-state index in [0.717, 1.165) is 5.54 Å². The quantitative estimate of drug-likeness (QED) is 0.655. The highest BCUT2D eigenvalue weighted by molar-refractivity contribution is 6.46. The molecule has 0 aromatic carbocycles. The van der Waals surface area contributed by atoms with Crippen molar-refractivity contribution in [1.29, 1.82) is 0 Å². The summed E-state index contributed by atoms with van der Waals surface area (Å²) in [4.78, 5) is 0. The van der Waals surface area contributed by atoms with Gasteiger partial charge in [0.1, 0.15) is 0 Å². The molecule has 0 radical (unpaired) electrons. The van der Waals surface area contributed by atoms with Crippen LogP contribution < -0.4 is 0 Å². The van der Waals surface area contributed by atoms with E-state index in [1.807, 2.05) is 0 Å². The van der Waals surface area contributed by atoms with Crippen molar-refractivity contribution < 1.29 is 8.85 Å². The molecule has 0 aromatic rings. The van der Waals surface area contributed by atoms with Gasteiger partial charge in [0.05, 0.1) is 0 Å². The summed E-state index contributed by atoms with van der Waals surface area (Å²) in [7, 11) is 2.25. The topological polar surface area (TPSA) is 18.5 Å². The monoisotopic (exact) mass is 202 g/mol. The average molecular weight is 202 g/mol. The van der Waals surface area contributed by atoms with E-state index in [9.17, 15) is 0 Å². The van der Waals surface area contributed by atoms with E-state index in [4.69, 9.17) is 8.85 Å². The van der Waals surface area contributed by atoms with E-state index in [1.165, 1.54) is 25.7 Å². The second kappa shape index (κ2) is 4.58. The van der Waals surface area contributed by atoms with Crippen molar-refractivity contribution in [3.05, 3.63) is 0 Å². The van der Waals surface area contributed by atoms with Gasteiger partial charge in [0, 0.05) is 14.2 Å². The summed E-state index contributed by atoms with van der Waals surface area (Å²) in [5, 5.41) is 0. The average Bonchev–Trinajstić information content (AvgIpc) is 2.09. The molecular weight excluding hydrogens is 180 g/mol. The van der Waals surface area contributed by atoms with E-state index in [-0.39, 0.29) is 0 Å². The lowest BCUT2D eigenvalue weighted by molar-refractivity contribution is 0.203. The van der Waals surface area contributed by atoms with Crippen LogP contribution in [0, 0.1) is 5.41 Å². The molecule has 1 rings (SSSR count). The van der Waals surface area contributed by atoms with Crippen LogP contribution in [0.1, 0.15) is 39.5 Å². The van der Waals surface area contributed by atoms with Crippen molar-refractivity contribution in [2.75, 3.05) is 14.2 Å². The number of rotatable bonds is 3. The minimum Gasteiger partial charge on any atom is -0.400 e. The molecule has 0 atom stereocenters. The van der Waals surface area contributed by atoms with Crippen molar-refractivity contribution >= 4 is 9.28 Å². The minimum absolute atomic E-state index is 0.553. The van der Waals surface area contributed by atoms with Gasteiger partial charge in [0.2, 0.25) is 0 Å². The second-order valence-electron chi connectivity index (χ2n) is 4.84.